The molecule has 0 aromatic heterocycles. The Morgan fingerprint density at radius 3 is 2.40 bits per heavy atom. The van der Waals surface area contributed by atoms with E-state index in [1.54, 1.807) is 12.1 Å². The Kier molecular flexibility index (Phi) is 6.25. The van der Waals surface area contributed by atoms with Crippen molar-refractivity contribution in [3.05, 3.63) is 68.4 Å². The highest BCUT2D eigenvalue weighted by Gasteiger charge is 2.21. The van der Waals surface area contributed by atoms with E-state index in [2.05, 4.69) is 48.9 Å². The molecule has 0 radical (unpaired) electrons. The van der Waals surface area contributed by atoms with E-state index in [4.69, 9.17) is 0 Å². The van der Waals surface area contributed by atoms with Crippen LogP contribution >= 0.6 is 31.9 Å². The van der Waals surface area contributed by atoms with E-state index >= 15 is 0 Å². The van der Waals surface area contributed by atoms with Crippen molar-refractivity contribution in [2.45, 2.75) is 13.0 Å². The molecule has 1 aliphatic heterocycles. The van der Waals surface area contributed by atoms with Gasteiger partial charge >= 0.3 is 0 Å². The second-order valence-electron chi connectivity index (χ2n) is 6.21. The maximum atomic E-state index is 13.2. The summed E-state index contributed by atoms with van der Waals surface area (Å²) in [6.45, 7) is 4.00. The lowest BCUT2D eigenvalue weighted by molar-refractivity contribution is -0.132. The quantitative estimate of drug-likeness (QED) is 0.668. The second-order valence-corrected chi connectivity index (χ2v) is 7.92. The lowest BCUT2D eigenvalue weighted by Crippen LogP contribution is -2.48. The monoisotopic (exact) mass is 468 g/mol. The molecule has 25 heavy (non-hydrogen) atoms. The third kappa shape index (κ3) is 5.12. The summed E-state index contributed by atoms with van der Waals surface area (Å²) in [7, 11) is 0. The Balaban J connectivity index is 1.51. The Hall–Kier alpha value is -1.24. The van der Waals surface area contributed by atoms with Gasteiger partial charge in [-0.3, -0.25) is 9.69 Å². The Labute approximate surface area is 164 Å². The minimum Gasteiger partial charge on any atom is -0.340 e. The number of carbonyl (C=O) groups excluding carboxylic acids is 1. The van der Waals surface area contributed by atoms with Crippen LogP contribution < -0.4 is 0 Å². The molecule has 0 saturated carbocycles. The first-order chi connectivity index (χ1) is 12.0. The van der Waals surface area contributed by atoms with Crippen LogP contribution in [0.4, 0.5) is 4.39 Å². The summed E-state index contributed by atoms with van der Waals surface area (Å²) in [6, 6.07) is 12.5. The zero-order valence-electron chi connectivity index (χ0n) is 13.7. The normalized spacial score (nSPS) is 15.4. The summed E-state index contributed by atoms with van der Waals surface area (Å²) in [5.74, 6) is -0.229. The standard InChI is InChI=1S/C19H19Br2FN2O/c20-17-5-4-15(11-18(17)21)13-23-6-8-24(9-7-23)19(25)12-14-2-1-3-16(22)10-14/h1-5,10-11H,6-9,12-13H2. The van der Waals surface area contributed by atoms with Crippen LogP contribution in [0.15, 0.2) is 51.4 Å². The van der Waals surface area contributed by atoms with Gasteiger partial charge in [-0.2, -0.15) is 0 Å². The van der Waals surface area contributed by atoms with Crippen molar-refractivity contribution in [1.29, 1.82) is 0 Å². The number of amides is 1. The average molecular weight is 470 g/mol. The molecule has 6 heteroatoms. The minimum absolute atomic E-state index is 0.0663. The molecular formula is C19H19Br2FN2O. The van der Waals surface area contributed by atoms with Crippen molar-refractivity contribution in [3.8, 4) is 0 Å². The van der Waals surface area contributed by atoms with Crippen LogP contribution in [-0.4, -0.2) is 41.9 Å². The summed E-state index contributed by atoms with van der Waals surface area (Å²) < 4.78 is 15.3. The number of halogens is 3. The molecule has 1 aliphatic rings. The van der Waals surface area contributed by atoms with Crippen molar-refractivity contribution in [2.75, 3.05) is 26.2 Å². The summed E-state index contributed by atoms with van der Waals surface area (Å²) in [5.41, 5.74) is 1.97. The van der Waals surface area contributed by atoms with Gasteiger partial charge in [-0.1, -0.05) is 18.2 Å². The zero-order valence-corrected chi connectivity index (χ0v) is 16.9. The Morgan fingerprint density at radius 2 is 1.72 bits per heavy atom. The topological polar surface area (TPSA) is 23.6 Å². The van der Waals surface area contributed by atoms with Gasteiger partial charge < -0.3 is 4.90 Å². The van der Waals surface area contributed by atoms with Crippen molar-refractivity contribution in [1.82, 2.24) is 9.80 Å². The van der Waals surface area contributed by atoms with Crippen LogP contribution in [0.3, 0.4) is 0 Å². The van der Waals surface area contributed by atoms with Crippen LogP contribution in [0.1, 0.15) is 11.1 Å². The number of rotatable bonds is 4. The van der Waals surface area contributed by atoms with Gasteiger partial charge in [-0.15, -0.1) is 0 Å². The van der Waals surface area contributed by atoms with Crippen molar-refractivity contribution < 1.29 is 9.18 Å². The smallest absolute Gasteiger partial charge is 0.227 e. The molecule has 3 rings (SSSR count). The summed E-state index contributed by atoms with van der Waals surface area (Å²) in [5, 5.41) is 0. The average Bonchev–Trinajstić information content (AvgIpc) is 2.59. The summed E-state index contributed by atoms with van der Waals surface area (Å²) in [6.07, 6.45) is 0.261. The number of piperazine rings is 1. The predicted octanol–water partition coefficient (Wildman–Crippen LogP) is 4.24. The molecule has 132 valence electrons. The van der Waals surface area contributed by atoms with Gasteiger partial charge in [-0.25, -0.2) is 4.39 Å². The van der Waals surface area contributed by atoms with Gasteiger partial charge in [0.05, 0.1) is 6.42 Å². The van der Waals surface area contributed by atoms with Gasteiger partial charge in [0.25, 0.3) is 0 Å². The third-order valence-electron chi connectivity index (χ3n) is 4.36. The van der Waals surface area contributed by atoms with Crippen LogP contribution in [0.5, 0.6) is 0 Å². The Bertz CT molecular complexity index is 761. The number of carbonyl (C=O) groups is 1. The van der Waals surface area contributed by atoms with E-state index in [-0.39, 0.29) is 18.1 Å². The molecule has 2 aromatic carbocycles. The lowest BCUT2D eigenvalue weighted by atomic mass is 10.1. The van der Waals surface area contributed by atoms with Gasteiger partial charge in [0.1, 0.15) is 5.82 Å². The van der Waals surface area contributed by atoms with Gasteiger partial charge in [0, 0.05) is 41.7 Å². The SMILES string of the molecule is O=C(Cc1cccc(F)c1)N1CCN(Cc2ccc(Br)c(Br)c2)CC1. The molecule has 3 nitrogen and oxygen atoms in total. The van der Waals surface area contributed by atoms with E-state index in [0.717, 1.165) is 34.1 Å². The summed E-state index contributed by atoms with van der Waals surface area (Å²) in [4.78, 5) is 16.6. The molecule has 0 bridgehead atoms. The number of hydrogen-bond donors (Lipinski definition) is 0. The van der Waals surface area contributed by atoms with Crippen LogP contribution in [-0.2, 0) is 17.8 Å². The molecule has 0 aliphatic carbocycles. The third-order valence-corrected chi connectivity index (χ3v) is 6.24. The maximum Gasteiger partial charge on any atom is 0.227 e. The highest BCUT2D eigenvalue weighted by Crippen LogP contribution is 2.24. The largest absolute Gasteiger partial charge is 0.340 e. The molecule has 1 heterocycles. The van der Waals surface area contributed by atoms with Crippen LogP contribution in [0, 0.1) is 5.82 Å². The lowest BCUT2D eigenvalue weighted by Gasteiger charge is -2.35. The zero-order chi connectivity index (χ0) is 17.8. The molecule has 0 N–H and O–H groups in total. The van der Waals surface area contributed by atoms with Crippen LogP contribution in [0.2, 0.25) is 0 Å². The van der Waals surface area contributed by atoms with Crippen LogP contribution in [0.25, 0.3) is 0 Å². The Morgan fingerprint density at radius 1 is 0.960 bits per heavy atom. The molecular weight excluding hydrogens is 451 g/mol. The van der Waals surface area contributed by atoms with Crippen molar-refractivity contribution in [2.24, 2.45) is 0 Å². The molecule has 2 aromatic rings. The first-order valence-corrected chi connectivity index (χ1v) is 9.78. The summed E-state index contributed by atoms with van der Waals surface area (Å²) >= 11 is 7.01. The minimum atomic E-state index is -0.296. The second kappa shape index (κ2) is 8.43. The van der Waals surface area contributed by atoms with Crippen molar-refractivity contribution >= 4 is 37.8 Å². The first kappa shape index (κ1) is 18.5. The van der Waals surface area contributed by atoms with E-state index in [0.29, 0.717) is 13.1 Å². The van der Waals surface area contributed by atoms with E-state index in [9.17, 15) is 9.18 Å². The fraction of sp³-hybridized carbons (Fsp3) is 0.316. The highest BCUT2D eigenvalue weighted by atomic mass is 79.9. The predicted molar refractivity (Wildman–Crippen MR) is 104 cm³/mol. The highest BCUT2D eigenvalue weighted by molar-refractivity contribution is 9.13. The molecule has 0 atom stereocenters. The molecule has 1 fully saturated rings. The molecule has 0 spiro atoms. The van der Waals surface area contributed by atoms with Gasteiger partial charge in [0.2, 0.25) is 5.91 Å². The first-order valence-electron chi connectivity index (χ1n) is 8.20. The molecule has 1 saturated heterocycles. The fourth-order valence-electron chi connectivity index (χ4n) is 2.98. The molecule has 1 amide bonds. The van der Waals surface area contributed by atoms with Crippen molar-refractivity contribution in [3.63, 3.8) is 0 Å². The molecule has 0 unspecified atom stereocenters. The number of hydrogen-bond acceptors (Lipinski definition) is 2. The number of benzene rings is 2. The van der Waals surface area contributed by atoms with E-state index in [1.165, 1.54) is 17.7 Å². The number of nitrogens with zero attached hydrogens (tertiary/aromatic N) is 2. The fourth-order valence-corrected chi connectivity index (χ4v) is 3.66. The van der Waals surface area contributed by atoms with Gasteiger partial charge in [-0.05, 0) is 67.3 Å². The van der Waals surface area contributed by atoms with Gasteiger partial charge in [0.15, 0.2) is 0 Å². The maximum absolute atomic E-state index is 13.2. The van der Waals surface area contributed by atoms with E-state index < -0.39 is 0 Å². The van der Waals surface area contributed by atoms with E-state index in [1.807, 2.05) is 11.0 Å².